The molecular formula is C11H16FN. The first-order valence-electron chi connectivity index (χ1n) is 4.44. The summed E-state index contributed by atoms with van der Waals surface area (Å²) >= 11 is 0. The monoisotopic (exact) mass is 181 g/mol. The van der Waals surface area contributed by atoms with Crippen LogP contribution in [0.5, 0.6) is 0 Å². The van der Waals surface area contributed by atoms with Crippen LogP contribution in [0.3, 0.4) is 0 Å². The van der Waals surface area contributed by atoms with Gasteiger partial charge in [-0.15, -0.1) is 0 Å². The summed E-state index contributed by atoms with van der Waals surface area (Å²) in [5, 5.41) is 0. The highest BCUT2D eigenvalue weighted by Gasteiger charge is 2.14. The largest absolute Gasteiger partial charge is 0.326 e. The molecule has 1 nitrogen and oxygen atoms in total. The van der Waals surface area contributed by atoms with E-state index in [0.29, 0.717) is 5.56 Å². The summed E-state index contributed by atoms with van der Waals surface area (Å²) in [5.74, 6) is -0.212. The smallest absolute Gasteiger partial charge is 0.127 e. The third-order valence-electron chi connectivity index (χ3n) is 2.13. The summed E-state index contributed by atoms with van der Waals surface area (Å²) in [4.78, 5) is 0. The van der Waals surface area contributed by atoms with E-state index in [0.717, 1.165) is 5.56 Å². The van der Waals surface area contributed by atoms with Crippen LogP contribution in [0, 0.1) is 5.82 Å². The Bertz CT molecular complexity index is 299. The minimum Gasteiger partial charge on any atom is -0.326 e. The van der Waals surface area contributed by atoms with Gasteiger partial charge < -0.3 is 5.73 Å². The molecule has 2 N–H and O–H groups in total. The maximum Gasteiger partial charge on any atom is 0.127 e. The van der Waals surface area contributed by atoms with Gasteiger partial charge in [-0.25, -0.2) is 4.39 Å². The molecule has 0 saturated carbocycles. The van der Waals surface area contributed by atoms with Crippen molar-refractivity contribution in [3.63, 3.8) is 0 Å². The van der Waals surface area contributed by atoms with Gasteiger partial charge in [0.15, 0.2) is 0 Å². The first-order chi connectivity index (χ1) is 5.95. The van der Waals surface area contributed by atoms with E-state index in [2.05, 4.69) is 20.8 Å². The average molecular weight is 181 g/mol. The van der Waals surface area contributed by atoms with Crippen LogP contribution in [0.4, 0.5) is 4.39 Å². The molecular weight excluding hydrogens is 165 g/mol. The van der Waals surface area contributed by atoms with Crippen LogP contribution < -0.4 is 5.73 Å². The fraction of sp³-hybridized carbons (Fsp3) is 0.455. The third-order valence-corrected chi connectivity index (χ3v) is 2.13. The van der Waals surface area contributed by atoms with Crippen molar-refractivity contribution in [2.24, 2.45) is 5.73 Å². The molecule has 0 saturated heterocycles. The summed E-state index contributed by atoms with van der Waals surface area (Å²) in [6.45, 7) is 6.55. The maximum absolute atomic E-state index is 13.1. The zero-order valence-electron chi connectivity index (χ0n) is 8.39. The Morgan fingerprint density at radius 1 is 1.31 bits per heavy atom. The number of hydrogen-bond donors (Lipinski definition) is 1. The van der Waals surface area contributed by atoms with Gasteiger partial charge in [-0.05, 0) is 17.0 Å². The highest BCUT2D eigenvalue weighted by Crippen LogP contribution is 2.23. The van der Waals surface area contributed by atoms with Crippen molar-refractivity contribution in [2.75, 3.05) is 0 Å². The predicted octanol–water partition coefficient (Wildman–Crippen LogP) is 2.58. The summed E-state index contributed by atoms with van der Waals surface area (Å²) in [7, 11) is 0. The van der Waals surface area contributed by atoms with E-state index < -0.39 is 0 Å². The molecule has 0 spiro atoms. The van der Waals surface area contributed by atoms with Crippen LogP contribution in [0.2, 0.25) is 0 Å². The minimum absolute atomic E-state index is 0.0532. The van der Waals surface area contributed by atoms with Gasteiger partial charge in [-0.1, -0.05) is 32.9 Å². The lowest BCUT2D eigenvalue weighted by molar-refractivity contribution is 0.576. The first kappa shape index (κ1) is 10.2. The lowest BCUT2D eigenvalue weighted by Gasteiger charge is -2.19. The van der Waals surface area contributed by atoms with E-state index in [-0.39, 0.29) is 17.8 Å². The number of nitrogens with two attached hydrogens (primary N) is 1. The molecule has 72 valence electrons. The van der Waals surface area contributed by atoms with E-state index in [4.69, 9.17) is 5.73 Å². The molecule has 0 aromatic heterocycles. The molecule has 0 aliphatic rings. The Morgan fingerprint density at radius 3 is 2.38 bits per heavy atom. The Balaban J connectivity index is 3.14. The normalized spacial score (nSPS) is 11.8. The Hall–Kier alpha value is -0.890. The van der Waals surface area contributed by atoms with Gasteiger partial charge >= 0.3 is 0 Å². The van der Waals surface area contributed by atoms with Gasteiger partial charge in [0, 0.05) is 12.1 Å². The van der Waals surface area contributed by atoms with Gasteiger partial charge in [0.25, 0.3) is 0 Å². The van der Waals surface area contributed by atoms with Crippen LogP contribution in [-0.2, 0) is 12.0 Å². The van der Waals surface area contributed by atoms with Crippen molar-refractivity contribution in [1.29, 1.82) is 0 Å². The van der Waals surface area contributed by atoms with Crippen molar-refractivity contribution in [1.82, 2.24) is 0 Å². The van der Waals surface area contributed by atoms with Crippen molar-refractivity contribution in [3.8, 4) is 0 Å². The summed E-state index contributed by atoms with van der Waals surface area (Å²) in [6.07, 6.45) is 0. The summed E-state index contributed by atoms with van der Waals surface area (Å²) in [6, 6.07) is 5.15. The van der Waals surface area contributed by atoms with E-state index in [9.17, 15) is 4.39 Å². The molecule has 0 unspecified atom stereocenters. The highest BCUT2D eigenvalue weighted by molar-refractivity contribution is 5.29. The Kier molecular flexibility index (Phi) is 2.71. The van der Waals surface area contributed by atoms with Crippen LogP contribution in [0.1, 0.15) is 31.9 Å². The summed E-state index contributed by atoms with van der Waals surface area (Å²) in [5.41, 5.74) is 7.19. The number of hydrogen-bond acceptors (Lipinski definition) is 1. The molecule has 1 aromatic carbocycles. The van der Waals surface area contributed by atoms with Gasteiger partial charge in [-0.3, -0.25) is 0 Å². The number of benzene rings is 1. The van der Waals surface area contributed by atoms with E-state index >= 15 is 0 Å². The topological polar surface area (TPSA) is 26.0 Å². The molecule has 13 heavy (non-hydrogen) atoms. The van der Waals surface area contributed by atoms with E-state index in [1.165, 1.54) is 6.07 Å². The van der Waals surface area contributed by atoms with E-state index in [1.807, 2.05) is 12.1 Å². The molecule has 2 heteroatoms. The van der Waals surface area contributed by atoms with Crippen molar-refractivity contribution in [3.05, 3.63) is 35.1 Å². The van der Waals surface area contributed by atoms with Gasteiger partial charge in [-0.2, -0.15) is 0 Å². The first-order valence-corrected chi connectivity index (χ1v) is 4.44. The number of rotatable bonds is 1. The van der Waals surface area contributed by atoms with Crippen LogP contribution in [-0.4, -0.2) is 0 Å². The molecule has 1 aromatic rings. The predicted molar refractivity (Wildman–Crippen MR) is 53.0 cm³/mol. The second kappa shape index (κ2) is 3.46. The Labute approximate surface area is 78.8 Å². The van der Waals surface area contributed by atoms with Crippen LogP contribution in [0.25, 0.3) is 0 Å². The Morgan fingerprint density at radius 2 is 1.92 bits per heavy atom. The maximum atomic E-state index is 13.1. The second-order valence-electron chi connectivity index (χ2n) is 4.26. The molecule has 0 radical (unpaired) electrons. The van der Waals surface area contributed by atoms with Crippen LogP contribution >= 0.6 is 0 Å². The molecule has 0 heterocycles. The molecule has 0 fully saturated rings. The molecule has 0 aliphatic heterocycles. The molecule has 0 aliphatic carbocycles. The lowest BCUT2D eigenvalue weighted by Crippen LogP contribution is -2.12. The highest BCUT2D eigenvalue weighted by atomic mass is 19.1. The minimum atomic E-state index is -0.212. The molecule has 0 amide bonds. The van der Waals surface area contributed by atoms with Crippen LogP contribution in [0.15, 0.2) is 18.2 Å². The van der Waals surface area contributed by atoms with Gasteiger partial charge in [0.2, 0.25) is 0 Å². The number of halogens is 1. The van der Waals surface area contributed by atoms with Crippen molar-refractivity contribution < 1.29 is 4.39 Å². The third kappa shape index (κ3) is 2.28. The van der Waals surface area contributed by atoms with Gasteiger partial charge in [0.1, 0.15) is 5.82 Å². The lowest BCUT2D eigenvalue weighted by atomic mass is 9.86. The summed E-state index contributed by atoms with van der Waals surface area (Å²) < 4.78 is 13.1. The standard InChI is InChI=1S/C11H16FN/c1-11(2,3)9-4-5-10(12)8(6-9)7-13/h4-6H,7,13H2,1-3H3. The SMILES string of the molecule is CC(C)(C)c1ccc(F)c(CN)c1. The zero-order chi connectivity index (χ0) is 10.1. The zero-order valence-corrected chi connectivity index (χ0v) is 8.39. The van der Waals surface area contributed by atoms with Crippen molar-refractivity contribution >= 4 is 0 Å². The van der Waals surface area contributed by atoms with Gasteiger partial charge in [0.05, 0.1) is 0 Å². The molecule has 0 bridgehead atoms. The molecule has 1 rings (SSSR count). The fourth-order valence-corrected chi connectivity index (χ4v) is 1.20. The second-order valence-corrected chi connectivity index (χ2v) is 4.26. The van der Waals surface area contributed by atoms with E-state index in [1.54, 1.807) is 0 Å². The average Bonchev–Trinajstić information content (AvgIpc) is 2.03. The fourth-order valence-electron chi connectivity index (χ4n) is 1.20. The molecule has 0 atom stereocenters. The quantitative estimate of drug-likeness (QED) is 0.708. The van der Waals surface area contributed by atoms with Crippen molar-refractivity contribution in [2.45, 2.75) is 32.7 Å².